The first-order chi connectivity index (χ1) is 12.3. The van der Waals surface area contributed by atoms with Crippen molar-refractivity contribution in [1.29, 1.82) is 0 Å². The molecule has 1 N–H and O–H groups in total. The average molecular weight is 329 g/mol. The molecule has 0 radical (unpaired) electrons. The maximum absolute atomic E-state index is 12.8. The van der Waals surface area contributed by atoms with E-state index in [-0.39, 0.29) is 11.8 Å². The van der Waals surface area contributed by atoms with E-state index in [0.29, 0.717) is 11.8 Å². The van der Waals surface area contributed by atoms with E-state index >= 15 is 0 Å². The van der Waals surface area contributed by atoms with Crippen molar-refractivity contribution in [3.8, 4) is 11.3 Å². The van der Waals surface area contributed by atoms with Crippen LogP contribution in [0.2, 0.25) is 0 Å². The summed E-state index contributed by atoms with van der Waals surface area (Å²) in [5.41, 5.74) is 3.56. The van der Waals surface area contributed by atoms with Gasteiger partial charge in [-0.15, -0.1) is 0 Å². The molecule has 2 aliphatic rings. The summed E-state index contributed by atoms with van der Waals surface area (Å²) in [5, 5.41) is 3.16. The Morgan fingerprint density at radius 3 is 2.76 bits per heavy atom. The van der Waals surface area contributed by atoms with Gasteiger partial charge in [0.1, 0.15) is 5.65 Å². The molecule has 1 fully saturated rings. The van der Waals surface area contributed by atoms with Crippen LogP contribution in [0.1, 0.15) is 12.8 Å². The topological polar surface area (TPSA) is 46.4 Å². The quantitative estimate of drug-likeness (QED) is 0.734. The summed E-state index contributed by atoms with van der Waals surface area (Å²) in [6, 6.07) is 13.8. The van der Waals surface area contributed by atoms with Gasteiger partial charge < -0.3 is 9.72 Å². The Morgan fingerprint density at radius 2 is 1.96 bits per heavy atom. The lowest BCUT2D eigenvalue weighted by molar-refractivity contribution is -0.120. The lowest BCUT2D eigenvalue weighted by Gasteiger charge is -2.18. The van der Waals surface area contributed by atoms with Crippen LogP contribution in [0, 0.1) is 17.8 Å². The highest BCUT2D eigenvalue weighted by Crippen LogP contribution is 2.44. The highest BCUT2D eigenvalue weighted by atomic mass is 16.1. The highest BCUT2D eigenvalue weighted by Gasteiger charge is 2.39. The Balaban J connectivity index is 1.46. The van der Waals surface area contributed by atoms with E-state index in [2.05, 4.69) is 22.5 Å². The van der Waals surface area contributed by atoms with Crippen LogP contribution < -0.4 is 5.32 Å². The molecule has 3 atom stereocenters. The monoisotopic (exact) mass is 329 g/mol. The average Bonchev–Trinajstić information content (AvgIpc) is 3.36. The summed E-state index contributed by atoms with van der Waals surface area (Å²) >= 11 is 0. The van der Waals surface area contributed by atoms with Crippen molar-refractivity contribution in [1.82, 2.24) is 9.38 Å². The molecule has 4 heteroatoms. The van der Waals surface area contributed by atoms with E-state index in [1.807, 2.05) is 59.3 Å². The van der Waals surface area contributed by atoms with Crippen LogP contribution in [0.15, 0.2) is 67.0 Å². The zero-order valence-electron chi connectivity index (χ0n) is 13.8. The van der Waals surface area contributed by atoms with Crippen LogP contribution in [-0.4, -0.2) is 15.3 Å². The molecule has 2 aliphatic carbocycles. The predicted octanol–water partition coefficient (Wildman–Crippen LogP) is 4.15. The second-order valence-electron chi connectivity index (χ2n) is 7.01. The van der Waals surface area contributed by atoms with Gasteiger partial charge in [0.25, 0.3) is 0 Å². The Kier molecular flexibility index (Phi) is 3.23. The number of hydrogen-bond donors (Lipinski definition) is 1. The van der Waals surface area contributed by atoms with Crippen LogP contribution in [0.5, 0.6) is 0 Å². The lowest BCUT2D eigenvalue weighted by atomic mass is 9.92. The maximum Gasteiger partial charge on any atom is 0.228 e. The number of rotatable bonds is 3. The molecule has 2 aromatic heterocycles. The molecule has 2 heterocycles. The van der Waals surface area contributed by atoms with E-state index in [4.69, 9.17) is 0 Å². The first kappa shape index (κ1) is 14.5. The maximum atomic E-state index is 12.8. The van der Waals surface area contributed by atoms with Crippen LogP contribution in [-0.2, 0) is 4.79 Å². The first-order valence-electron chi connectivity index (χ1n) is 8.80. The van der Waals surface area contributed by atoms with Gasteiger partial charge in [0.2, 0.25) is 5.91 Å². The van der Waals surface area contributed by atoms with Gasteiger partial charge in [0, 0.05) is 23.9 Å². The third kappa shape index (κ3) is 2.45. The number of nitrogens with one attached hydrogen (secondary N) is 1. The number of aromatic nitrogens is 2. The molecule has 25 heavy (non-hydrogen) atoms. The Labute approximate surface area is 146 Å². The molecule has 3 aromatic rings. The number of pyridine rings is 1. The predicted molar refractivity (Wildman–Crippen MR) is 98.1 cm³/mol. The molecule has 1 aromatic carbocycles. The van der Waals surface area contributed by atoms with Crippen molar-refractivity contribution in [2.24, 2.45) is 17.8 Å². The van der Waals surface area contributed by atoms with Crippen LogP contribution >= 0.6 is 0 Å². The zero-order valence-corrected chi connectivity index (χ0v) is 13.8. The van der Waals surface area contributed by atoms with Crippen molar-refractivity contribution in [3.63, 3.8) is 0 Å². The number of amides is 1. The number of para-hydroxylation sites is 1. The SMILES string of the molecule is O=C(Nc1ccccc1-c1cn2ccccc2n1)C1CC2C=CC1C2. The normalized spacial score (nSPS) is 24.1. The third-order valence-corrected chi connectivity index (χ3v) is 5.44. The van der Waals surface area contributed by atoms with Crippen molar-refractivity contribution >= 4 is 17.2 Å². The second-order valence-corrected chi connectivity index (χ2v) is 7.01. The molecule has 0 saturated heterocycles. The van der Waals surface area contributed by atoms with Gasteiger partial charge in [-0.25, -0.2) is 4.98 Å². The molecule has 124 valence electrons. The molecule has 1 saturated carbocycles. The van der Waals surface area contributed by atoms with Gasteiger partial charge in [0.05, 0.1) is 11.4 Å². The first-order valence-corrected chi connectivity index (χ1v) is 8.80. The molecule has 0 spiro atoms. The molecule has 5 rings (SSSR count). The smallest absolute Gasteiger partial charge is 0.228 e. The number of fused-ring (bicyclic) bond motifs is 3. The number of allylic oxidation sites excluding steroid dienone is 2. The van der Waals surface area contributed by atoms with E-state index in [1.165, 1.54) is 0 Å². The lowest BCUT2D eigenvalue weighted by Crippen LogP contribution is -2.26. The van der Waals surface area contributed by atoms with Gasteiger partial charge >= 0.3 is 0 Å². The summed E-state index contributed by atoms with van der Waals surface area (Å²) in [6.45, 7) is 0. The molecule has 2 bridgehead atoms. The highest BCUT2D eigenvalue weighted by molar-refractivity contribution is 5.97. The van der Waals surface area contributed by atoms with Gasteiger partial charge in [-0.3, -0.25) is 4.79 Å². The third-order valence-electron chi connectivity index (χ3n) is 5.44. The van der Waals surface area contributed by atoms with E-state index in [0.717, 1.165) is 35.4 Å². The number of imidazole rings is 1. The van der Waals surface area contributed by atoms with Gasteiger partial charge in [-0.05, 0) is 42.9 Å². The Hall–Kier alpha value is -2.88. The van der Waals surface area contributed by atoms with Crippen LogP contribution in [0.3, 0.4) is 0 Å². The molecule has 3 unspecified atom stereocenters. The summed E-state index contributed by atoms with van der Waals surface area (Å²) in [7, 11) is 0. The zero-order chi connectivity index (χ0) is 16.8. The van der Waals surface area contributed by atoms with Gasteiger partial charge in [-0.1, -0.05) is 36.4 Å². The van der Waals surface area contributed by atoms with E-state index < -0.39 is 0 Å². The van der Waals surface area contributed by atoms with Crippen molar-refractivity contribution in [3.05, 3.63) is 67.0 Å². The van der Waals surface area contributed by atoms with Crippen molar-refractivity contribution < 1.29 is 4.79 Å². The number of nitrogens with zero attached hydrogens (tertiary/aromatic N) is 2. The number of carbonyl (C=O) groups excluding carboxylic acids is 1. The van der Waals surface area contributed by atoms with Gasteiger partial charge in [0.15, 0.2) is 0 Å². The minimum Gasteiger partial charge on any atom is -0.325 e. The summed E-state index contributed by atoms with van der Waals surface area (Å²) in [4.78, 5) is 17.5. The summed E-state index contributed by atoms with van der Waals surface area (Å²) in [5.74, 6) is 1.24. The van der Waals surface area contributed by atoms with Crippen LogP contribution in [0.25, 0.3) is 16.9 Å². The fourth-order valence-electron chi connectivity index (χ4n) is 4.19. The molecule has 0 aliphatic heterocycles. The van der Waals surface area contributed by atoms with Crippen molar-refractivity contribution in [2.75, 3.05) is 5.32 Å². The molecule has 4 nitrogen and oxygen atoms in total. The van der Waals surface area contributed by atoms with Gasteiger partial charge in [-0.2, -0.15) is 0 Å². The molecular formula is C21H19N3O. The van der Waals surface area contributed by atoms with Crippen LogP contribution in [0.4, 0.5) is 5.69 Å². The fourth-order valence-corrected chi connectivity index (χ4v) is 4.19. The number of anilines is 1. The van der Waals surface area contributed by atoms with Crippen molar-refractivity contribution in [2.45, 2.75) is 12.8 Å². The minimum atomic E-state index is 0.101. The minimum absolute atomic E-state index is 0.101. The molecule has 1 amide bonds. The number of benzene rings is 1. The molecular weight excluding hydrogens is 310 g/mol. The summed E-state index contributed by atoms with van der Waals surface area (Å²) < 4.78 is 1.99. The fraction of sp³-hybridized carbons (Fsp3) is 0.238. The second kappa shape index (κ2) is 5.59. The van der Waals surface area contributed by atoms with E-state index in [9.17, 15) is 4.79 Å². The Morgan fingerprint density at radius 1 is 1.08 bits per heavy atom. The van der Waals surface area contributed by atoms with E-state index in [1.54, 1.807) is 0 Å². The number of carbonyl (C=O) groups is 1. The number of hydrogen-bond acceptors (Lipinski definition) is 2. The summed E-state index contributed by atoms with van der Waals surface area (Å²) in [6.07, 6.45) is 10.6. The standard InChI is InChI=1S/C21H19N3O/c25-21(17-12-14-8-9-15(17)11-14)23-18-6-2-1-5-16(18)19-13-24-10-4-3-7-20(24)22-19/h1-10,13-15,17H,11-12H2,(H,23,25). The Bertz CT molecular complexity index is 954. The largest absolute Gasteiger partial charge is 0.325 e.